The van der Waals surface area contributed by atoms with Crippen molar-refractivity contribution in [3.05, 3.63) is 46.8 Å². The van der Waals surface area contributed by atoms with Crippen LogP contribution in [-0.2, 0) is 29.4 Å². The van der Waals surface area contributed by atoms with Gasteiger partial charge in [-0.25, -0.2) is 13.8 Å². The summed E-state index contributed by atoms with van der Waals surface area (Å²) < 4.78 is 40.6. The molecule has 0 saturated heterocycles. The number of aryl methyl sites for hydroxylation is 1. The predicted molar refractivity (Wildman–Crippen MR) is 91.5 cm³/mol. The molecule has 0 unspecified atom stereocenters. The van der Waals surface area contributed by atoms with E-state index >= 15 is 0 Å². The van der Waals surface area contributed by atoms with Gasteiger partial charge >= 0.3 is 5.97 Å². The van der Waals surface area contributed by atoms with Gasteiger partial charge in [0, 0.05) is 36.5 Å². The summed E-state index contributed by atoms with van der Waals surface area (Å²) in [5, 5.41) is 0. The minimum atomic E-state index is -0.641. The number of carbonyl (C=O) groups is 1. The van der Waals surface area contributed by atoms with Gasteiger partial charge in [0.25, 0.3) is 0 Å². The zero-order valence-electron chi connectivity index (χ0n) is 14.3. The largest absolute Gasteiger partial charge is 0.469 e. The van der Waals surface area contributed by atoms with Gasteiger partial charge in [0.15, 0.2) is 11.4 Å². The van der Waals surface area contributed by atoms with Gasteiger partial charge in [-0.3, -0.25) is 4.79 Å². The average molecular weight is 358 g/mol. The van der Waals surface area contributed by atoms with Crippen molar-refractivity contribution < 1.29 is 22.7 Å². The van der Waals surface area contributed by atoms with E-state index in [1.807, 2.05) is 11.6 Å². The maximum absolute atomic E-state index is 14.7. The molecule has 26 heavy (non-hydrogen) atoms. The third-order valence-electron chi connectivity index (χ3n) is 4.62. The number of rotatable bonds is 3. The van der Waals surface area contributed by atoms with Crippen LogP contribution >= 0.6 is 0 Å². The summed E-state index contributed by atoms with van der Waals surface area (Å²) in [5.74, 6) is -1.16. The molecule has 0 spiro atoms. The molecule has 0 amide bonds. The van der Waals surface area contributed by atoms with Crippen molar-refractivity contribution in [1.29, 1.82) is 0 Å². The molecule has 1 aliphatic rings. The molecule has 0 bridgehead atoms. The van der Waals surface area contributed by atoms with E-state index in [1.54, 1.807) is 12.3 Å². The summed E-state index contributed by atoms with van der Waals surface area (Å²) in [6.07, 6.45) is 4.04. The number of allylic oxidation sites excluding steroid dienone is 1. The normalized spacial score (nSPS) is 13.6. The van der Waals surface area contributed by atoms with Gasteiger partial charge in [0.2, 0.25) is 5.89 Å². The molecule has 0 atom stereocenters. The van der Waals surface area contributed by atoms with E-state index in [2.05, 4.69) is 9.72 Å². The lowest BCUT2D eigenvalue weighted by Gasteiger charge is -2.10. The van der Waals surface area contributed by atoms with E-state index < -0.39 is 11.8 Å². The molecule has 134 valence electrons. The van der Waals surface area contributed by atoms with Crippen molar-refractivity contribution in [3.8, 4) is 11.5 Å². The molecule has 4 rings (SSSR count). The van der Waals surface area contributed by atoms with E-state index in [0.717, 1.165) is 5.69 Å². The third-order valence-corrected chi connectivity index (χ3v) is 4.62. The molecule has 1 aliphatic carbocycles. The lowest BCUT2D eigenvalue weighted by Crippen LogP contribution is -2.06. The van der Waals surface area contributed by atoms with E-state index in [0.29, 0.717) is 29.5 Å². The molecule has 7 heteroatoms. The van der Waals surface area contributed by atoms with Crippen LogP contribution in [0.15, 0.2) is 28.6 Å². The minimum absolute atomic E-state index is 0.0285. The molecular formula is C19H16F2N2O3. The van der Waals surface area contributed by atoms with Crippen LogP contribution in [0.3, 0.4) is 0 Å². The first-order chi connectivity index (χ1) is 12.5. The van der Waals surface area contributed by atoms with Gasteiger partial charge in [-0.05, 0) is 18.6 Å². The average Bonchev–Trinajstić information content (AvgIpc) is 3.19. The summed E-state index contributed by atoms with van der Waals surface area (Å²) >= 11 is 0. The first-order valence-electron chi connectivity index (χ1n) is 8.17. The molecule has 0 aliphatic heterocycles. The van der Waals surface area contributed by atoms with Crippen LogP contribution in [0, 0.1) is 5.82 Å². The topological polar surface area (TPSA) is 57.3 Å². The quantitative estimate of drug-likeness (QED) is 0.666. The summed E-state index contributed by atoms with van der Waals surface area (Å²) in [4.78, 5) is 15.8. The molecule has 2 aromatic heterocycles. The van der Waals surface area contributed by atoms with Crippen molar-refractivity contribution in [3.63, 3.8) is 0 Å². The van der Waals surface area contributed by atoms with Gasteiger partial charge < -0.3 is 13.7 Å². The van der Waals surface area contributed by atoms with E-state index in [-0.39, 0.29) is 29.3 Å². The Hall–Kier alpha value is -2.96. The molecule has 0 saturated carbocycles. The number of esters is 1. The number of carbonyl (C=O) groups excluding carboxylic acids is 1. The highest BCUT2D eigenvalue weighted by atomic mass is 19.1. The second-order valence-corrected chi connectivity index (χ2v) is 6.26. The zero-order valence-corrected chi connectivity index (χ0v) is 14.3. The van der Waals surface area contributed by atoms with Crippen LogP contribution in [0.1, 0.15) is 23.2 Å². The Morgan fingerprint density at radius 3 is 2.92 bits per heavy atom. The highest BCUT2D eigenvalue weighted by Crippen LogP contribution is 2.36. The van der Waals surface area contributed by atoms with Gasteiger partial charge in [0.1, 0.15) is 11.3 Å². The first kappa shape index (κ1) is 16.5. The van der Waals surface area contributed by atoms with Crippen LogP contribution in [0.2, 0.25) is 0 Å². The molecule has 0 fully saturated rings. The molecule has 0 radical (unpaired) electrons. The fourth-order valence-electron chi connectivity index (χ4n) is 3.28. The Kier molecular flexibility index (Phi) is 3.86. The van der Waals surface area contributed by atoms with E-state index in [4.69, 9.17) is 4.42 Å². The number of hydrogen-bond donors (Lipinski definition) is 0. The van der Waals surface area contributed by atoms with E-state index in [1.165, 1.54) is 19.3 Å². The van der Waals surface area contributed by atoms with Gasteiger partial charge in [-0.15, -0.1) is 0 Å². The van der Waals surface area contributed by atoms with Crippen molar-refractivity contribution in [1.82, 2.24) is 9.55 Å². The standard InChI is InChI=1S/C19H16F2N2O3/c1-23-9-13(12-8-11(20)4-6-15(12)23)19-22-14-5-3-10(7-16(24)25-2)17(21)18(14)26-19/h3,5,8-9H,4,6-7H2,1-2H3. The van der Waals surface area contributed by atoms with Crippen molar-refractivity contribution in [2.24, 2.45) is 7.05 Å². The maximum Gasteiger partial charge on any atom is 0.310 e. The first-order valence-corrected chi connectivity index (χ1v) is 8.17. The molecule has 5 nitrogen and oxygen atoms in total. The molecular weight excluding hydrogens is 342 g/mol. The molecule has 1 aromatic carbocycles. The van der Waals surface area contributed by atoms with Crippen LogP contribution in [0.25, 0.3) is 28.6 Å². The van der Waals surface area contributed by atoms with Crippen molar-refractivity contribution >= 4 is 23.1 Å². The summed E-state index contributed by atoms with van der Waals surface area (Å²) in [5.41, 5.74) is 2.78. The summed E-state index contributed by atoms with van der Waals surface area (Å²) in [6, 6.07) is 3.08. The van der Waals surface area contributed by atoms with Gasteiger partial charge in [-0.2, -0.15) is 0 Å². The maximum atomic E-state index is 14.7. The van der Waals surface area contributed by atoms with Crippen molar-refractivity contribution in [2.75, 3.05) is 7.11 Å². The summed E-state index contributed by atoms with van der Waals surface area (Å²) in [6.45, 7) is 0. The predicted octanol–water partition coefficient (Wildman–Crippen LogP) is 3.94. The smallest absolute Gasteiger partial charge is 0.310 e. The van der Waals surface area contributed by atoms with Crippen LogP contribution in [-0.4, -0.2) is 22.6 Å². The zero-order chi connectivity index (χ0) is 18.4. The Bertz CT molecular complexity index is 1060. The lowest BCUT2D eigenvalue weighted by atomic mass is 10.0. The highest BCUT2D eigenvalue weighted by molar-refractivity contribution is 5.82. The number of hydrogen-bond acceptors (Lipinski definition) is 4. The molecule has 0 N–H and O–H groups in total. The number of halogens is 2. The third kappa shape index (κ3) is 2.60. The van der Waals surface area contributed by atoms with Crippen LogP contribution in [0.5, 0.6) is 0 Å². The fraction of sp³-hybridized carbons (Fsp3) is 0.263. The highest BCUT2D eigenvalue weighted by Gasteiger charge is 2.23. The van der Waals surface area contributed by atoms with Crippen LogP contribution < -0.4 is 0 Å². The van der Waals surface area contributed by atoms with Crippen molar-refractivity contribution in [2.45, 2.75) is 19.3 Å². The summed E-state index contributed by atoms with van der Waals surface area (Å²) in [7, 11) is 3.12. The second-order valence-electron chi connectivity index (χ2n) is 6.26. The number of fused-ring (bicyclic) bond motifs is 2. The SMILES string of the molecule is COC(=O)Cc1ccc2nc(-c3cn(C)c4c3C=C(F)CC4)oc2c1F. The number of nitrogens with zero attached hydrogens (tertiary/aromatic N) is 2. The Morgan fingerprint density at radius 2 is 2.15 bits per heavy atom. The Labute approximate surface area is 147 Å². The number of benzene rings is 1. The van der Waals surface area contributed by atoms with Gasteiger partial charge in [0.05, 0.1) is 19.1 Å². The molecule has 2 heterocycles. The number of methoxy groups -OCH3 is 1. The Morgan fingerprint density at radius 1 is 1.35 bits per heavy atom. The Balaban J connectivity index is 1.83. The van der Waals surface area contributed by atoms with E-state index in [9.17, 15) is 13.6 Å². The number of aromatic nitrogens is 2. The fourth-order valence-corrected chi connectivity index (χ4v) is 3.28. The monoisotopic (exact) mass is 358 g/mol. The lowest BCUT2D eigenvalue weighted by molar-refractivity contribution is -0.139. The van der Waals surface area contributed by atoms with Gasteiger partial charge in [-0.1, -0.05) is 6.07 Å². The number of ether oxygens (including phenoxy) is 1. The number of oxazole rings is 1. The minimum Gasteiger partial charge on any atom is -0.469 e. The second kappa shape index (κ2) is 6.09. The molecule has 3 aromatic rings. The van der Waals surface area contributed by atoms with Crippen LogP contribution in [0.4, 0.5) is 8.78 Å².